The fourth-order valence-corrected chi connectivity index (χ4v) is 4.78. The van der Waals surface area contributed by atoms with E-state index < -0.39 is 0 Å². The van der Waals surface area contributed by atoms with Crippen LogP contribution in [-0.4, -0.2) is 80.6 Å². The van der Waals surface area contributed by atoms with Crippen molar-refractivity contribution in [3.8, 4) is 5.75 Å². The van der Waals surface area contributed by atoms with Crippen LogP contribution in [-0.2, 0) is 9.47 Å². The Hall–Kier alpha value is -3.33. The molecule has 0 amide bonds. The number of hydrogen-bond donors (Lipinski definition) is 2. The summed E-state index contributed by atoms with van der Waals surface area (Å²) in [4.78, 5) is 13.0. The number of fused-ring (bicyclic) bond motifs is 3. The monoisotopic (exact) mass is 473 g/mol. The number of benzene rings is 2. The summed E-state index contributed by atoms with van der Waals surface area (Å²) in [6, 6.07) is 18.8. The zero-order chi connectivity index (χ0) is 23.5. The van der Waals surface area contributed by atoms with Crippen molar-refractivity contribution in [3.63, 3.8) is 0 Å². The molecule has 182 valence electrons. The Balaban J connectivity index is 1.24. The average Bonchev–Trinajstić information content (AvgIpc) is 3.28. The number of rotatable bonds is 7. The molecular formula is C27H31N5O3. The van der Waals surface area contributed by atoms with Crippen LogP contribution in [0.1, 0.15) is 0 Å². The van der Waals surface area contributed by atoms with Crippen LogP contribution in [0.5, 0.6) is 5.75 Å². The summed E-state index contributed by atoms with van der Waals surface area (Å²) in [6.07, 6.45) is 0. The summed E-state index contributed by atoms with van der Waals surface area (Å²) in [5.41, 5.74) is 3.26. The molecule has 2 aliphatic rings. The molecule has 0 bridgehead atoms. The van der Waals surface area contributed by atoms with Gasteiger partial charge in [0.15, 0.2) is 0 Å². The van der Waals surface area contributed by atoms with Gasteiger partial charge in [0.2, 0.25) is 0 Å². The Morgan fingerprint density at radius 3 is 2.49 bits per heavy atom. The van der Waals surface area contributed by atoms with E-state index in [0.717, 1.165) is 80.0 Å². The lowest BCUT2D eigenvalue weighted by Crippen LogP contribution is -2.38. The molecule has 0 atom stereocenters. The van der Waals surface area contributed by atoms with Crippen LogP contribution in [0.25, 0.3) is 21.8 Å². The molecule has 4 aromatic rings. The van der Waals surface area contributed by atoms with Gasteiger partial charge in [0.1, 0.15) is 24.0 Å². The Morgan fingerprint density at radius 2 is 1.63 bits per heavy atom. The number of hydrogen-bond acceptors (Lipinski definition) is 7. The maximum absolute atomic E-state index is 6.21. The minimum atomic E-state index is 0.632. The summed E-state index contributed by atoms with van der Waals surface area (Å²) in [6.45, 7) is 8.11. The molecule has 35 heavy (non-hydrogen) atoms. The number of H-pyrrole nitrogens is 1. The fourth-order valence-electron chi connectivity index (χ4n) is 4.78. The lowest BCUT2D eigenvalue weighted by atomic mass is 10.1. The van der Waals surface area contributed by atoms with E-state index in [0.29, 0.717) is 19.8 Å². The third-order valence-corrected chi connectivity index (χ3v) is 6.68. The van der Waals surface area contributed by atoms with Crippen molar-refractivity contribution in [2.75, 3.05) is 76.0 Å². The highest BCUT2D eigenvalue weighted by Gasteiger charge is 2.16. The number of para-hydroxylation sites is 1. The maximum atomic E-state index is 6.21. The van der Waals surface area contributed by atoms with Gasteiger partial charge in [-0.15, -0.1) is 0 Å². The second-order valence-corrected chi connectivity index (χ2v) is 9.00. The van der Waals surface area contributed by atoms with Crippen LogP contribution in [0.2, 0.25) is 0 Å². The minimum absolute atomic E-state index is 0.632. The number of morpholine rings is 2. The Bertz CT molecular complexity index is 1290. The first kappa shape index (κ1) is 22.2. The Kier molecular flexibility index (Phi) is 6.40. The second-order valence-electron chi connectivity index (χ2n) is 9.00. The van der Waals surface area contributed by atoms with E-state index in [9.17, 15) is 0 Å². The minimum Gasteiger partial charge on any atom is -0.492 e. The van der Waals surface area contributed by atoms with Crippen LogP contribution in [0.3, 0.4) is 0 Å². The number of anilines is 3. The lowest BCUT2D eigenvalue weighted by Gasteiger charge is -2.29. The van der Waals surface area contributed by atoms with Gasteiger partial charge in [0.25, 0.3) is 0 Å². The highest BCUT2D eigenvalue weighted by atomic mass is 16.5. The van der Waals surface area contributed by atoms with Gasteiger partial charge >= 0.3 is 0 Å². The third-order valence-electron chi connectivity index (χ3n) is 6.68. The van der Waals surface area contributed by atoms with E-state index in [2.05, 4.69) is 62.6 Å². The maximum Gasteiger partial charge on any atom is 0.136 e. The van der Waals surface area contributed by atoms with Crippen LogP contribution < -0.4 is 15.0 Å². The third kappa shape index (κ3) is 5.05. The highest BCUT2D eigenvalue weighted by molar-refractivity contribution is 6.08. The van der Waals surface area contributed by atoms with Gasteiger partial charge < -0.3 is 29.4 Å². The number of aromatic amines is 1. The topological polar surface area (TPSA) is 74.9 Å². The van der Waals surface area contributed by atoms with Gasteiger partial charge in [-0.1, -0.05) is 18.2 Å². The molecule has 0 unspecified atom stereocenters. The van der Waals surface area contributed by atoms with E-state index >= 15 is 0 Å². The Labute approximate surface area is 204 Å². The molecular weight excluding hydrogens is 442 g/mol. The fraction of sp³-hybridized carbons (Fsp3) is 0.370. The molecule has 0 radical (unpaired) electrons. The number of nitrogens with zero attached hydrogens (tertiary/aromatic N) is 3. The van der Waals surface area contributed by atoms with E-state index in [-0.39, 0.29) is 0 Å². The predicted octanol–water partition coefficient (Wildman–Crippen LogP) is 4.01. The molecule has 0 spiro atoms. The van der Waals surface area contributed by atoms with E-state index in [4.69, 9.17) is 19.2 Å². The summed E-state index contributed by atoms with van der Waals surface area (Å²) in [5.74, 6) is 2.51. The highest BCUT2D eigenvalue weighted by Crippen LogP contribution is 2.30. The number of nitrogens with one attached hydrogen (secondary N) is 2. The van der Waals surface area contributed by atoms with Crippen molar-refractivity contribution < 1.29 is 14.2 Å². The molecule has 2 N–H and O–H groups in total. The number of ether oxygens (including phenoxy) is 3. The summed E-state index contributed by atoms with van der Waals surface area (Å²) < 4.78 is 17.2. The molecule has 0 saturated carbocycles. The zero-order valence-electron chi connectivity index (χ0n) is 19.8. The number of aromatic nitrogens is 2. The first-order valence-corrected chi connectivity index (χ1v) is 12.4. The molecule has 2 aliphatic heterocycles. The van der Waals surface area contributed by atoms with Crippen molar-refractivity contribution in [1.29, 1.82) is 0 Å². The normalized spacial score (nSPS) is 17.2. The van der Waals surface area contributed by atoms with E-state index in [1.54, 1.807) is 0 Å². The van der Waals surface area contributed by atoms with Gasteiger partial charge in [-0.25, -0.2) is 4.98 Å². The van der Waals surface area contributed by atoms with Gasteiger partial charge in [0, 0.05) is 72.3 Å². The molecule has 2 saturated heterocycles. The molecule has 2 aromatic carbocycles. The largest absolute Gasteiger partial charge is 0.492 e. The van der Waals surface area contributed by atoms with Crippen molar-refractivity contribution in [2.24, 2.45) is 0 Å². The average molecular weight is 474 g/mol. The molecule has 4 heterocycles. The van der Waals surface area contributed by atoms with Crippen LogP contribution in [0.15, 0.2) is 54.6 Å². The van der Waals surface area contributed by atoms with E-state index in [1.165, 1.54) is 10.8 Å². The first-order valence-electron chi connectivity index (χ1n) is 12.4. The van der Waals surface area contributed by atoms with E-state index in [1.807, 2.05) is 12.1 Å². The summed E-state index contributed by atoms with van der Waals surface area (Å²) in [7, 11) is 0. The molecule has 6 rings (SSSR count). The van der Waals surface area contributed by atoms with Crippen LogP contribution >= 0.6 is 0 Å². The molecule has 2 aromatic heterocycles. The van der Waals surface area contributed by atoms with Crippen molar-refractivity contribution in [3.05, 3.63) is 54.6 Å². The predicted molar refractivity (Wildman–Crippen MR) is 139 cm³/mol. The van der Waals surface area contributed by atoms with Gasteiger partial charge in [0.05, 0.1) is 26.4 Å². The molecule has 8 heteroatoms. The molecule has 8 nitrogen and oxygen atoms in total. The summed E-state index contributed by atoms with van der Waals surface area (Å²) >= 11 is 0. The smallest absolute Gasteiger partial charge is 0.136 e. The van der Waals surface area contributed by atoms with Crippen molar-refractivity contribution in [2.45, 2.75) is 0 Å². The van der Waals surface area contributed by atoms with Gasteiger partial charge in [-0.2, -0.15) is 0 Å². The first-order chi connectivity index (χ1) is 17.3. The van der Waals surface area contributed by atoms with Crippen molar-refractivity contribution in [1.82, 2.24) is 14.9 Å². The SMILES string of the molecule is c1ccc2c(c1)[nH]c1ccc(Nc3cc(OCCN4CCOCC4)cc(N4CCOCC4)n3)cc12. The van der Waals surface area contributed by atoms with Crippen LogP contribution in [0, 0.1) is 0 Å². The quantitative estimate of drug-likeness (QED) is 0.420. The number of pyridine rings is 1. The van der Waals surface area contributed by atoms with Gasteiger partial charge in [-0.3, -0.25) is 4.90 Å². The summed E-state index contributed by atoms with van der Waals surface area (Å²) in [5, 5.41) is 5.93. The van der Waals surface area contributed by atoms with Gasteiger partial charge in [-0.05, 0) is 24.3 Å². The van der Waals surface area contributed by atoms with Crippen LogP contribution in [0.4, 0.5) is 17.3 Å². The standard InChI is InChI=1S/C27H31N5O3/c1-2-4-24-22(3-1)23-17-20(5-6-25(23)29-24)28-26-18-21(35-16-9-31-7-12-33-13-8-31)19-27(30-26)32-10-14-34-15-11-32/h1-6,17-19,29H,7-16H2,(H,28,30). The Morgan fingerprint density at radius 1 is 0.857 bits per heavy atom. The molecule has 0 aliphatic carbocycles. The van der Waals surface area contributed by atoms with Crippen molar-refractivity contribution >= 4 is 39.1 Å². The zero-order valence-corrected chi connectivity index (χ0v) is 19.8. The second kappa shape index (κ2) is 10.1. The molecule has 2 fully saturated rings. The lowest BCUT2D eigenvalue weighted by molar-refractivity contribution is 0.0322.